The quantitative estimate of drug-likeness (QED) is 0.723. The van der Waals surface area contributed by atoms with E-state index in [4.69, 9.17) is 5.73 Å². The lowest BCUT2D eigenvalue weighted by molar-refractivity contribution is 0.0943. The molecule has 0 aromatic heterocycles. The summed E-state index contributed by atoms with van der Waals surface area (Å²) in [5.41, 5.74) is 7.41. The number of hydrogen-bond donors (Lipinski definition) is 2. The molecule has 2 aromatic carbocycles. The van der Waals surface area contributed by atoms with Gasteiger partial charge in [-0.05, 0) is 43.7 Å². The maximum Gasteiger partial charge on any atom is 0.252 e. The van der Waals surface area contributed by atoms with Crippen LogP contribution in [0.2, 0.25) is 0 Å². The molecule has 0 aliphatic heterocycles. The van der Waals surface area contributed by atoms with Crippen LogP contribution in [0.3, 0.4) is 0 Å². The molecule has 0 atom stereocenters. The van der Waals surface area contributed by atoms with Crippen LogP contribution in [0.15, 0.2) is 57.9 Å². The predicted molar refractivity (Wildman–Crippen MR) is 101 cm³/mol. The van der Waals surface area contributed by atoms with Gasteiger partial charge in [0.05, 0.1) is 5.56 Å². The smallest absolute Gasteiger partial charge is 0.252 e. The van der Waals surface area contributed by atoms with Crippen LogP contribution in [-0.2, 0) is 5.75 Å². The van der Waals surface area contributed by atoms with Crippen molar-refractivity contribution in [3.8, 4) is 0 Å². The summed E-state index contributed by atoms with van der Waals surface area (Å²) in [7, 11) is 0. The monoisotopic (exact) mass is 392 g/mol. The van der Waals surface area contributed by atoms with Crippen LogP contribution in [0, 0.1) is 0 Å². The molecule has 0 heterocycles. The zero-order chi connectivity index (χ0) is 16.9. The zero-order valence-corrected chi connectivity index (χ0v) is 15.7. The number of thioether (sulfide) groups is 1. The lowest BCUT2D eigenvalue weighted by atomic mass is 10.1. The predicted octanol–water partition coefficient (Wildman–Crippen LogP) is 4.21. The van der Waals surface area contributed by atoms with Gasteiger partial charge in [0.2, 0.25) is 0 Å². The van der Waals surface area contributed by atoms with Crippen molar-refractivity contribution >= 4 is 33.6 Å². The Morgan fingerprint density at radius 3 is 2.48 bits per heavy atom. The van der Waals surface area contributed by atoms with E-state index in [1.165, 1.54) is 5.56 Å². The number of benzene rings is 2. The van der Waals surface area contributed by atoms with Crippen molar-refractivity contribution in [2.75, 3.05) is 6.54 Å². The van der Waals surface area contributed by atoms with E-state index in [0.29, 0.717) is 12.1 Å². The Morgan fingerprint density at radius 1 is 1.17 bits per heavy atom. The highest BCUT2D eigenvalue weighted by Gasteiger charge is 2.15. The molecule has 0 saturated heterocycles. The van der Waals surface area contributed by atoms with Crippen molar-refractivity contribution in [3.63, 3.8) is 0 Å². The first-order valence-corrected chi connectivity index (χ1v) is 9.16. The van der Waals surface area contributed by atoms with Crippen molar-refractivity contribution < 1.29 is 4.79 Å². The lowest BCUT2D eigenvalue weighted by Gasteiger charge is -2.19. The summed E-state index contributed by atoms with van der Waals surface area (Å²) in [5.74, 6) is 0.738. The van der Waals surface area contributed by atoms with E-state index >= 15 is 0 Å². The molecule has 0 aliphatic rings. The van der Waals surface area contributed by atoms with E-state index in [2.05, 4.69) is 33.4 Å². The summed E-state index contributed by atoms with van der Waals surface area (Å²) in [6.07, 6.45) is 0. The van der Waals surface area contributed by atoms with Crippen LogP contribution in [0.1, 0.15) is 29.8 Å². The third kappa shape index (κ3) is 6.01. The lowest BCUT2D eigenvalue weighted by Crippen LogP contribution is -2.45. The standard InChI is InChI=1S/C18H21BrN2OS/c1-18(2,20)12-21-17(22)15-5-3-4-6-16(15)23-11-13-7-9-14(19)10-8-13/h3-10H,11-12,20H2,1-2H3,(H,21,22). The summed E-state index contributed by atoms with van der Waals surface area (Å²) < 4.78 is 1.07. The Hall–Kier alpha value is -1.30. The van der Waals surface area contributed by atoms with Gasteiger partial charge >= 0.3 is 0 Å². The Bertz CT molecular complexity index is 665. The molecule has 3 nitrogen and oxygen atoms in total. The molecule has 23 heavy (non-hydrogen) atoms. The number of nitrogens with two attached hydrogens (primary N) is 1. The fourth-order valence-electron chi connectivity index (χ4n) is 1.93. The van der Waals surface area contributed by atoms with Gasteiger partial charge in [0, 0.05) is 27.2 Å². The van der Waals surface area contributed by atoms with Gasteiger partial charge in [-0.3, -0.25) is 4.79 Å². The van der Waals surface area contributed by atoms with Crippen molar-refractivity contribution in [3.05, 3.63) is 64.1 Å². The summed E-state index contributed by atoms with van der Waals surface area (Å²) in [6.45, 7) is 4.22. The van der Waals surface area contributed by atoms with Gasteiger partial charge in [-0.1, -0.05) is 40.2 Å². The van der Waals surface area contributed by atoms with Crippen molar-refractivity contribution in [1.82, 2.24) is 5.32 Å². The Morgan fingerprint density at radius 2 is 1.83 bits per heavy atom. The Balaban J connectivity index is 2.05. The second-order valence-corrected chi connectivity index (χ2v) is 8.02. The molecule has 0 saturated carbocycles. The normalized spacial score (nSPS) is 11.3. The Labute approximate surface area is 150 Å². The number of hydrogen-bond acceptors (Lipinski definition) is 3. The van der Waals surface area contributed by atoms with Crippen LogP contribution in [0.4, 0.5) is 0 Å². The molecule has 0 fully saturated rings. The first-order chi connectivity index (χ1) is 10.8. The summed E-state index contributed by atoms with van der Waals surface area (Å²) in [6, 6.07) is 15.9. The van der Waals surface area contributed by atoms with Gasteiger partial charge in [-0.15, -0.1) is 11.8 Å². The SMILES string of the molecule is CC(C)(N)CNC(=O)c1ccccc1SCc1ccc(Br)cc1. The summed E-state index contributed by atoms with van der Waals surface area (Å²) in [4.78, 5) is 13.4. The van der Waals surface area contributed by atoms with Gasteiger partial charge in [-0.2, -0.15) is 0 Å². The number of carbonyl (C=O) groups is 1. The van der Waals surface area contributed by atoms with E-state index in [0.717, 1.165) is 15.1 Å². The van der Waals surface area contributed by atoms with E-state index in [9.17, 15) is 4.79 Å². The van der Waals surface area contributed by atoms with Crippen LogP contribution < -0.4 is 11.1 Å². The summed E-state index contributed by atoms with van der Waals surface area (Å²) >= 11 is 5.10. The molecule has 2 aromatic rings. The average Bonchev–Trinajstić information content (AvgIpc) is 2.52. The van der Waals surface area contributed by atoms with Gasteiger partial charge in [0.25, 0.3) is 5.91 Å². The van der Waals surface area contributed by atoms with Crippen molar-refractivity contribution in [1.29, 1.82) is 0 Å². The molecule has 2 rings (SSSR count). The highest BCUT2D eigenvalue weighted by atomic mass is 79.9. The fraction of sp³-hybridized carbons (Fsp3) is 0.278. The minimum atomic E-state index is -0.421. The number of amides is 1. The van der Waals surface area contributed by atoms with Crippen LogP contribution in [0.25, 0.3) is 0 Å². The largest absolute Gasteiger partial charge is 0.350 e. The minimum absolute atomic E-state index is 0.0811. The average molecular weight is 393 g/mol. The number of carbonyl (C=O) groups excluding carboxylic acids is 1. The van der Waals surface area contributed by atoms with Gasteiger partial charge in [0.1, 0.15) is 0 Å². The third-order valence-corrected chi connectivity index (χ3v) is 4.82. The molecule has 0 bridgehead atoms. The molecule has 0 unspecified atom stereocenters. The van der Waals surface area contributed by atoms with E-state index in [1.807, 2.05) is 50.2 Å². The van der Waals surface area contributed by atoms with Crippen molar-refractivity contribution in [2.45, 2.75) is 30.0 Å². The minimum Gasteiger partial charge on any atom is -0.350 e. The van der Waals surface area contributed by atoms with Crippen LogP contribution >= 0.6 is 27.7 Å². The highest BCUT2D eigenvalue weighted by molar-refractivity contribution is 9.10. The second-order valence-electron chi connectivity index (χ2n) is 6.08. The maximum atomic E-state index is 12.4. The second kappa shape index (κ2) is 7.99. The Kier molecular flexibility index (Phi) is 6.27. The van der Waals surface area contributed by atoms with Crippen LogP contribution in [-0.4, -0.2) is 18.0 Å². The molecule has 3 N–H and O–H groups in total. The van der Waals surface area contributed by atoms with Crippen molar-refractivity contribution in [2.24, 2.45) is 5.73 Å². The first-order valence-electron chi connectivity index (χ1n) is 7.38. The molecular formula is C18H21BrN2OS. The molecule has 5 heteroatoms. The zero-order valence-electron chi connectivity index (χ0n) is 13.3. The topological polar surface area (TPSA) is 55.1 Å². The molecule has 0 spiro atoms. The highest BCUT2D eigenvalue weighted by Crippen LogP contribution is 2.27. The molecular weight excluding hydrogens is 372 g/mol. The molecule has 1 amide bonds. The van der Waals surface area contributed by atoms with E-state index in [1.54, 1.807) is 11.8 Å². The summed E-state index contributed by atoms with van der Waals surface area (Å²) in [5, 5.41) is 2.90. The number of rotatable bonds is 6. The maximum absolute atomic E-state index is 12.4. The first kappa shape index (κ1) is 18.0. The van der Waals surface area contributed by atoms with E-state index < -0.39 is 5.54 Å². The number of nitrogens with one attached hydrogen (secondary N) is 1. The van der Waals surface area contributed by atoms with Gasteiger partial charge in [-0.25, -0.2) is 0 Å². The van der Waals surface area contributed by atoms with Gasteiger partial charge in [0.15, 0.2) is 0 Å². The van der Waals surface area contributed by atoms with Gasteiger partial charge < -0.3 is 11.1 Å². The fourth-order valence-corrected chi connectivity index (χ4v) is 3.20. The molecule has 0 radical (unpaired) electrons. The third-order valence-electron chi connectivity index (χ3n) is 3.14. The van der Waals surface area contributed by atoms with Crippen LogP contribution in [0.5, 0.6) is 0 Å². The molecule has 0 aliphatic carbocycles. The molecule has 122 valence electrons. The van der Waals surface area contributed by atoms with E-state index in [-0.39, 0.29) is 5.91 Å². The number of halogens is 1.